The fourth-order valence-electron chi connectivity index (χ4n) is 3.47. The van der Waals surface area contributed by atoms with Gasteiger partial charge in [-0.2, -0.15) is 0 Å². The Kier molecular flexibility index (Phi) is 3.76. The molecule has 2 unspecified atom stereocenters. The van der Waals surface area contributed by atoms with Gasteiger partial charge in [-0.15, -0.1) is 0 Å². The fraction of sp³-hybridized carbons (Fsp3) is 0.562. The van der Waals surface area contributed by atoms with Crippen LogP contribution in [0.3, 0.4) is 0 Å². The first kappa shape index (κ1) is 13.6. The molecule has 1 saturated carbocycles. The number of aliphatic hydroxyl groups excluding tert-OH is 1. The molecule has 108 valence electrons. The number of carbonyl (C=O) groups is 1. The van der Waals surface area contributed by atoms with Gasteiger partial charge in [0.1, 0.15) is 6.23 Å². The largest absolute Gasteiger partial charge is 0.481 e. The molecule has 1 aliphatic heterocycles. The molecule has 4 nitrogen and oxygen atoms in total. The van der Waals surface area contributed by atoms with Gasteiger partial charge < -0.3 is 10.2 Å². The number of rotatable bonds is 3. The van der Waals surface area contributed by atoms with Crippen molar-refractivity contribution in [2.24, 2.45) is 5.92 Å². The van der Waals surface area contributed by atoms with E-state index in [4.69, 9.17) is 5.11 Å². The van der Waals surface area contributed by atoms with Gasteiger partial charge in [-0.05, 0) is 30.7 Å². The Bertz CT molecular complexity index is 470. The van der Waals surface area contributed by atoms with E-state index in [1.165, 1.54) is 5.56 Å². The first-order valence-corrected chi connectivity index (χ1v) is 7.36. The van der Waals surface area contributed by atoms with Crippen molar-refractivity contribution >= 4 is 5.97 Å². The topological polar surface area (TPSA) is 60.8 Å². The molecule has 3 rings (SSSR count). The summed E-state index contributed by atoms with van der Waals surface area (Å²) >= 11 is 0. The average Bonchev–Trinajstić information content (AvgIpc) is 2.40. The fourth-order valence-corrected chi connectivity index (χ4v) is 3.47. The molecule has 0 spiro atoms. The Morgan fingerprint density at radius 2 is 1.85 bits per heavy atom. The van der Waals surface area contributed by atoms with Crippen LogP contribution in [-0.2, 0) is 4.79 Å². The minimum Gasteiger partial charge on any atom is -0.481 e. The molecule has 20 heavy (non-hydrogen) atoms. The van der Waals surface area contributed by atoms with Crippen LogP contribution >= 0.6 is 0 Å². The van der Waals surface area contributed by atoms with Crippen LogP contribution in [0.5, 0.6) is 0 Å². The van der Waals surface area contributed by atoms with Gasteiger partial charge in [0, 0.05) is 19.0 Å². The smallest absolute Gasteiger partial charge is 0.306 e. The van der Waals surface area contributed by atoms with Crippen molar-refractivity contribution in [3.8, 4) is 0 Å². The molecule has 0 bridgehead atoms. The van der Waals surface area contributed by atoms with E-state index < -0.39 is 12.2 Å². The lowest BCUT2D eigenvalue weighted by Crippen LogP contribution is -2.53. The Morgan fingerprint density at radius 3 is 2.45 bits per heavy atom. The van der Waals surface area contributed by atoms with Gasteiger partial charge in [-0.1, -0.05) is 30.3 Å². The van der Waals surface area contributed by atoms with E-state index in [0.29, 0.717) is 31.3 Å². The number of hydrogen-bond donors (Lipinski definition) is 2. The van der Waals surface area contributed by atoms with E-state index in [1.54, 1.807) is 0 Å². The molecule has 1 heterocycles. The summed E-state index contributed by atoms with van der Waals surface area (Å²) in [6.45, 7) is 0.699. The van der Waals surface area contributed by atoms with Crippen molar-refractivity contribution in [3.63, 3.8) is 0 Å². The van der Waals surface area contributed by atoms with Crippen LogP contribution in [-0.4, -0.2) is 39.9 Å². The standard InChI is InChI=1S/C16H21NO3/c18-15-10-12(16(19)20)6-7-17(15)14-8-13(9-14)11-4-2-1-3-5-11/h1-5,12-15,18H,6-10H2,(H,19,20). The van der Waals surface area contributed by atoms with Crippen molar-refractivity contribution in [2.45, 2.75) is 43.9 Å². The van der Waals surface area contributed by atoms with E-state index in [1.807, 2.05) is 6.07 Å². The van der Waals surface area contributed by atoms with E-state index >= 15 is 0 Å². The van der Waals surface area contributed by atoms with Crippen LogP contribution in [0.1, 0.15) is 37.2 Å². The number of hydrogen-bond acceptors (Lipinski definition) is 3. The van der Waals surface area contributed by atoms with Crippen molar-refractivity contribution in [1.29, 1.82) is 0 Å². The summed E-state index contributed by atoms with van der Waals surface area (Å²) in [5.74, 6) is -0.573. The van der Waals surface area contributed by atoms with Crippen LogP contribution in [0.15, 0.2) is 30.3 Å². The maximum Gasteiger partial charge on any atom is 0.306 e. The molecule has 0 aromatic heterocycles. The van der Waals surface area contributed by atoms with Gasteiger partial charge in [-0.25, -0.2) is 0 Å². The Labute approximate surface area is 119 Å². The molecule has 1 saturated heterocycles. The van der Waals surface area contributed by atoms with Crippen molar-refractivity contribution < 1.29 is 15.0 Å². The minimum absolute atomic E-state index is 0.363. The molecular formula is C16H21NO3. The highest BCUT2D eigenvalue weighted by molar-refractivity contribution is 5.70. The summed E-state index contributed by atoms with van der Waals surface area (Å²) in [5, 5.41) is 19.2. The van der Waals surface area contributed by atoms with Crippen LogP contribution in [0, 0.1) is 5.92 Å². The van der Waals surface area contributed by atoms with Crippen LogP contribution in [0.25, 0.3) is 0 Å². The van der Waals surface area contributed by atoms with Crippen molar-refractivity contribution in [1.82, 2.24) is 4.90 Å². The molecule has 1 aromatic rings. The van der Waals surface area contributed by atoms with E-state index in [-0.39, 0.29) is 5.92 Å². The number of aliphatic carboxylic acids is 1. The summed E-state index contributed by atoms with van der Waals surface area (Å²) in [7, 11) is 0. The highest BCUT2D eigenvalue weighted by Gasteiger charge is 2.40. The molecule has 4 heteroatoms. The highest BCUT2D eigenvalue weighted by atomic mass is 16.4. The van der Waals surface area contributed by atoms with Crippen molar-refractivity contribution in [3.05, 3.63) is 35.9 Å². The summed E-state index contributed by atoms with van der Waals surface area (Å²) in [6.07, 6.45) is 2.56. The van der Waals surface area contributed by atoms with Crippen LogP contribution < -0.4 is 0 Å². The lowest BCUT2D eigenvalue weighted by Gasteiger charge is -2.47. The number of benzene rings is 1. The molecule has 0 amide bonds. The third-order valence-corrected chi connectivity index (χ3v) is 4.82. The number of likely N-dealkylation sites (tertiary alicyclic amines) is 1. The van der Waals surface area contributed by atoms with Gasteiger partial charge in [0.25, 0.3) is 0 Å². The number of carboxylic acid groups (broad SMARTS) is 1. The predicted octanol–water partition coefficient (Wildman–Crippen LogP) is 2.05. The molecule has 0 radical (unpaired) electrons. The number of carboxylic acids is 1. The number of nitrogens with zero attached hydrogens (tertiary/aromatic N) is 1. The van der Waals surface area contributed by atoms with E-state index in [2.05, 4.69) is 29.2 Å². The van der Waals surface area contributed by atoms with Gasteiger partial charge in [0.05, 0.1) is 5.92 Å². The van der Waals surface area contributed by atoms with Gasteiger partial charge >= 0.3 is 5.97 Å². The minimum atomic E-state index is -0.778. The van der Waals surface area contributed by atoms with Gasteiger partial charge in [0.2, 0.25) is 0 Å². The number of piperidine rings is 1. The van der Waals surface area contributed by atoms with Gasteiger partial charge in [0.15, 0.2) is 0 Å². The maximum absolute atomic E-state index is 11.0. The molecule has 2 fully saturated rings. The average molecular weight is 275 g/mol. The first-order valence-electron chi connectivity index (χ1n) is 7.36. The summed E-state index contributed by atoms with van der Waals surface area (Å²) in [5.41, 5.74) is 1.37. The zero-order valence-electron chi connectivity index (χ0n) is 11.5. The van der Waals surface area contributed by atoms with Crippen LogP contribution in [0.4, 0.5) is 0 Å². The Balaban J connectivity index is 1.54. The van der Waals surface area contributed by atoms with Gasteiger partial charge in [-0.3, -0.25) is 9.69 Å². The predicted molar refractivity (Wildman–Crippen MR) is 75.3 cm³/mol. The summed E-state index contributed by atoms with van der Waals surface area (Å²) in [6, 6.07) is 10.9. The first-order chi connectivity index (χ1) is 9.65. The monoisotopic (exact) mass is 275 g/mol. The second-order valence-electron chi connectivity index (χ2n) is 6.01. The molecule has 2 aliphatic rings. The zero-order valence-corrected chi connectivity index (χ0v) is 11.5. The molecule has 2 N–H and O–H groups in total. The SMILES string of the molecule is O=C(O)C1CCN(C2CC(c3ccccc3)C2)C(O)C1. The molecule has 1 aromatic carbocycles. The van der Waals surface area contributed by atoms with E-state index in [0.717, 1.165) is 12.8 Å². The lowest BCUT2D eigenvalue weighted by atomic mass is 9.74. The van der Waals surface area contributed by atoms with Crippen LogP contribution in [0.2, 0.25) is 0 Å². The Hall–Kier alpha value is -1.39. The highest BCUT2D eigenvalue weighted by Crippen LogP contribution is 2.41. The molecular weight excluding hydrogens is 254 g/mol. The quantitative estimate of drug-likeness (QED) is 0.886. The Morgan fingerprint density at radius 1 is 1.15 bits per heavy atom. The third-order valence-electron chi connectivity index (χ3n) is 4.82. The maximum atomic E-state index is 11.0. The zero-order chi connectivity index (χ0) is 14.1. The molecule has 2 atom stereocenters. The normalized spacial score (nSPS) is 34.5. The second-order valence-corrected chi connectivity index (χ2v) is 6.01. The number of aliphatic hydroxyl groups is 1. The van der Waals surface area contributed by atoms with Crippen molar-refractivity contribution in [2.75, 3.05) is 6.54 Å². The summed E-state index contributed by atoms with van der Waals surface area (Å²) < 4.78 is 0. The third kappa shape index (κ3) is 2.58. The van der Waals surface area contributed by atoms with E-state index in [9.17, 15) is 9.90 Å². The lowest BCUT2D eigenvalue weighted by molar-refractivity contribution is -0.150. The molecule has 1 aliphatic carbocycles. The summed E-state index contributed by atoms with van der Waals surface area (Å²) in [4.78, 5) is 13.1. The second kappa shape index (κ2) is 5.54.